The van der Waals surface area contributed by atoms with Gasteiger partial charge < -0.3 is 25.6 Å². The van der Waals surface area contributed by atoms with Crippen LogP contribution in [0, 0.1) is 5.92 Å². The van der Waals surface area contributed by atoms with Crippen LogP contribution >= 0.6 is 0 Å². The second kappa shape index (κ2) is 9.70. The Kier molecular flexibility index (Phi) is 6.85. The molecular formula is C27H32N2O6. The number of carbonyl (C=O) groups is 3. The summed E-state index contributed by atoms with van der Waals surface area (Å²) in [7, 11) is 0. The number of alkyl carbamates (subject to hydrolysis) is 1. The van der Waals surface area contributed by atoms with Crippen molar-refractivity contribution in [3.8, 4) is 11.1 Å². The van der Waals surface area contributed by atoms with Crippen molar-refractivity contribution in [3.63, 3.8) is 0 Å². The van der Waals surface area contributed by atoms with Crippen molar-refractivity contribution in [1.82, 2.24) is 10.6 Å². The van der Waals surface area contributed by atoms with Crippen LogP contribution in [-0.4, -0.2) is 52.5 Å². The van der Waals surface area contributed by atoms with Gasteiger partial charge in [-0.3, -0.25) is 4.79 Å². The van der Waals surface area contributed by atoms with Crippen molar-refractivity contribution in [2.45, 2.75) is 56.6 Å². The van der Waals surface area contributed by atoms with Crippen molar-refractivity contribution in [2.75, 3.05) is 13.2 Å². The molecule has 0 spiro atoms. The highest BCUT2D eigenvalue weighted by molar-refractivity contribution is 5.91. The zero-order valence-electron chi connectivity index (χ0n) is 20.0. The molecule has 0 heterocycles. The number of carbonyl (C=O) groups excluding carboxylic acids is 2. The molecule has 2 aliphatic rings. The van der Waals surface area contributed by atoms with E-state index in [1.165, 1.54) is 0 Å². The van der Waals surface area contributed by atoms with Gasteiger partial charge in [0.25, 0.3) is 0 Å². The van der Waals surface area contributed by atoms with Crippen LogP contribution < -0.4 is 10.6 Å². The van der Waals surface area contributed by atoms with E-state index in [4.69, 9.17) is 9.84 Å². The number of hydrogen-bond acceptors (Lipinski definition) is 5. The third kappa shape index (κ3) is 5.03. The fourth-order valence-corrected chi connectivity index (χ4v) is 5.25. The highest BCUT2D eigenvalue weighted by Crippen LogP contribution is 2.44. The third-order valence-corrected chi connectivity index (χ3v) is 7.17. The predicted molar refractivity (Wildman–Crippen MR) is 130 cm³/mol. The fraction of sp³-hybridized carbons (Fsp3) is 0.444. The molecule has 186 valence electrons. The number of ether oxygens (including phenoxy) is 1. The molecule has 0 radical (unpaired) electrons. The number of nitrogens with one attached hydrogen (secondary N) is 2. The third-order valence-electron chi connectivity index (χ3n) is 7.17. The van der Waals surface area contributed by atoms with Crippen molar-refractivity contribution in [1.29, 1.82) is 0 Å². The molecule has 8 heteroatoms. The molecule has 4 N–H and O–H groups in total. The first-order valence-electron chi connectivity index (χ1n) is 12.0. The van der Waals surface area contributed by atoms with Crippen molar-refractivity contribution < 1.29 is 29.3 Å². The van der Waals surface area contributed by atoms with E-state index in [9.17, 15) is 19.5 Å². The summed E-state index contributed by atoms with van der Waals surface area (Å²) in [5.41, 5.74) is 1.10. The van der Waals surface area contributed by atoms with Crippen molar-refractivity contribution >= 4 is 18.0 Å². The molecule has 0 aliphatic heterocycles. The van der Waals surface area contributed by atoms with Gasteiger partial charge in [-0.1, -0.05) is 68.3 Å². The molecule has 3 atom stereocenters. The monoisotopic (exact) mass is 480 g/mol. The van der Waals surface area contributed by atoms with Crippen molar-refractivity contribution in [2.24, 2.45) is 5.92 Å². The van der Waals surface area contributed by atoms with Crippen LogP contribution in [0.25, 0.3) is 11.1 Å². The lowest BCUT2D eigenvalue weighted by molar-refractivity contribution is -0.156. The Balaban J connectivity index is 1.46. The van der Waals surface area contributed by atoms with Crippen molar-refractivity contribution in [3.05, 3.63) is 59.7 Å². The quantitative estimate of drug-likeness (QED) is 0.481. The Labute approximate surface area is 204 Å². The molecule has 2 amide bonds. The van der Waals surface area contributed by atoms with Crippen LogP contribution in [-0.2, 0) is 14.3 Å². The Bertz CT molecular complexity index is 1080. The van der Waals surface area contributed by atoms with E-state index in [0.29, 0.717) is 12.8 Å². The second-order valence-corrected chi connectivity index (χ2v) is 10.00. The maximum absolute atomic E-state index is 13.2. The highest BCUT2D eigenvalue weighted by Gasteiger charge is 2.44. The molecule has 8 nitrogen and oxygen atoms in total. The molecule has 2 aromatic carbocycles. The molecule has 35 heavy (non-hydrogen) atoms. The number of aliphatic carboxylic acids is 1. The summed E-state index contributed by atoms with van der Waals surface area (Å²) in [4.78, 5) is 37.3. The number of carboxylic acids is 1. The number of carboxylic acid groups (broad SMARTS) is 1. The van der Waals surface area contributed by atoms with Crippen LogP contribution in [0.1, 0.15) is 56.6 Å². The Morgan fingerprint density at radius 3 is 2.26 bits per heavy atom. The number of amides is 2. The number of aliphatic hydroxyl groups is 1. The van der Waals surface area contributed by atoms with E-state index in [1.807, 2.05) is 43.3 Å². The maximum atomic E-state index is 13.2. The minimum atomic E-state index is -2.11. The van der Waals surface area contributed by atoms with E-state index < -0.39 is 35.7 Å². The minimum absolute atomic E-state index is 0.103. The Hall–Kier alpha value is -3.39. The number of rotatable bonds is 7. The van der Waals surface area contributed by atoms with E-state index >= 15 is 0 Å². The lowest BCUT2D eigenvalue weighted by Gasteiger charge is -2.39. The van der Waals surface area contributed by atoms with E-state index in [0.717, 1.165) is 42.0 Å². The standard InChI is InChI=1S/C27H32N2O6/c1-17-8-7-13-27(14-17,23(30)28-16-26(2,34)24(31)32)29-25(33)35-15-22-20-11-5-3-9-18(20)19-10-4-6-12-21(19)22/h3-6,9-12,17,22,34H,7-8,13-16H2,1-2H3,(H,28,30)(H,29,33)(H,31,32). The summed E-state index contributed by atoms with van der Waals surface area (Å²) >= 11 is 0. The summed E-state index contributed by atoms with van der Waals surface area (Å²) in [6.45, 7) is 2.78. The van der Waals surface area contributed by atoms with Gasteiger partial charge in [0.2, 0.25) is 5.91 Å². The summed E-state index contributed by atoms with van der Waals surface area (Å²) in [6, 6.07) is 16.1. The lowest BCUT2D eigenvalue weighted by Crippen LogP contribution is -2.62. The van der Waals surface area contributed by atoms with Gasteiger partial charge in [-0.05, 0) is 47.9 Å². The SMILES string of the molecule is CC1CCCC(NC(=O)OCC2c3ccccc3-c3ccccc32)(C(=O)NCC(C)(O)C(=O)O)C1. The van der Waals surface area contributed by atoms with Crippen LogP contribution in [0.3, 0.4) is 0 Å². The zero-order valence-corrected chi connectivity index (χ0v) is 20.0. The highest BCUT2D eigenvalue weighted by atomic mass is 16.5. The molecule has 0 aromatic heterocycles. The van der Waals surface area contributed by atoms with Crippen LogP contribution in [0.15, 0.2) is 48.5 Å². The van der Waals surface area contributed by atoms with Gasteiger partial charge in [-0.25, -0.2) is 9.59 Å². The molecule has 2 aromatic rings. The minimum Gasteiger partial charge on any atom is -0.479 e. The maximum Gasteiger partial charge on any atom is 0.408 e. The molecule has 1 saturated carbocycles. The molecule has 0 saturated heterocycles. The second-order valence-electron chi connectivity index (χ2n) is 10.00. The topological polar surface area (TPSA) is 125 Å². The fourth-order valence-electron chi connectivity index (χ4n) is 5.25. The van der Waals surface area contributed by atoms with E-state index in [2.05, 4.69) is 22.8 Å². The molecule has 1 fully saturated rings. The molecule has 4 rings (SSSR count). The number of benzene rings is 2. The lowest BCUT2D eigenvalue weighted by atomic mass is 9.75. The normalized spacial score (nSPS) is 22.9. The van der Waals surface area contributed by atoms with Crippen LogP contribution in [0.4, 0.5) is 4.79 Å². The Morgan fingerprint density at radius 2 is 1.69 bits per heavy atom. The van der Waals surface area contributed by atoms with Crippen LogP contribution in [0.5, 0.6) is 0 Å². The van der Waals surface area contributed by atoms with E-state index in [-0.39, 0.29) is 18.4 Å². The first kappa shape index (κ1) is 24.7. The summed E-state index contributed by atoms with van der Waals surface area (Å²) < 4.78 is 5.66. The van der Waals surface area contributed by atoms with Gasteiger partial charge in [0, 0.05) is 5.92 Å². The average Bonchev–Trinajstić information content (AvgIpc) is 3.15. The summed E-state index contributed by atoms with van der Waals surface area (Å²) in [5.74, 6) is -1.87. The molecule has 3 unspecified atom stereocenters. The summed E-state index contributed by atoms with van der Waals surface area (Å²) in [5, 5.41) is 24.5. The van der Waals surface area contributed by atoms with Gasteiger partial charge in [0.05, 0.1) is 6.54 Å². The number of hydrogen-bond donors (Lipinski definition) is 4. The van der Waals surface area contributed by atoms with Gasteiger partial charge >= 0.3 is 12.1 Å². The smallest absolute Gasteiger partial charge is 0.408 e. The first-order valence-corrected chi connectivity index (χ1v) is 12.0. The molecule has 0 bridgehead atoms. The largest absolute Gasteiger partial charge is 0.479 e. The van der Waals surface area contributed by atoms with Gasteiger partial charge in [-0.15, -0.1) is 0 Å². The van der Waals surface area contributed by atoms with Gasteiger partial charge in [0.1, 0.15) is 12.1 Å². The molecule has 2 aliphatic carbocycles. The average molecular weight is 481 g/mol. The van der Waals surface area contributed by atoms with E-state index in [1.54, 1.807) is 0 Å². The zero-order chi connectivity index (χ0) is 25.2. The Morgan fingerprint density at radius 1 is 1.09 bits per heavy atom. The predicted octanol–water partition coefficient (Wildman–Crippen LogP) is 3.43. The molecular weight excluding hydrogens is 448 g/mol. The van der Waals surface area contributed by atoms with Crippen LogP contribution in [0.2, 0.25) is 0 Å². The van der Waals surface area contributed by atoms with Gasteiger partial charge in [0.15, 0.2) is 5.60 Å². The summed E-state index contributed by atoms with van der Waals surface area (Å²) in [6.07, 6.45) is 1.77. The first-order chi connectivity index (χ1) is 16.6. The number of fused-ring (bicyclic) bond motifs is 3. The van der Waals surface area contributed by atoms with Gasteiger partial charge in [-0.2, -0.15) is 0 Å².